The van der Waals surface area contributed by atoms with E-state index in [1.807, 2.05) is 4.90 Å². The van der Waals surface area contributed by atoms with E-state index in [4.69, 9.17) is 9.47 Å². The SMILES string of the molecule is O=C(OC[C@H]1CCCO1)[C@H]1CC(=O)N(C2CCCC2)C1. The fourth-order valence-corrected chi connectivity index (χ4v) is 3.53. The minimum atomic E-state index is -0.274. The van der Waals surface area contributed by atoms with Crippen LogP contribution < -0.4 is 0 Å². The summed E-state index contributed by atoms with van der Waals surface area (Å²) in [6, 6.07) is 0.360. The Morgan fingerprint density at radius 3 is 2.75 bits per heavy atom. The fraction of sp³-hybridized carbons (Fsp3) is 0.867. The third-order valence-corrected chi connectivity index (χ3v) is 4.69. The van der Waals surface area contributed by atoms with Gasteiger partial charge < -0.3 is 14.4 Å². The molecule has 1 saturated carbocycles. The maximum Gasteiger partial charge on any atom is 0.311 e. The van der Waals surface area contributed by atoms with Crippen molar-refractivity contribution >= 4 is 11.9 Å². The molecule has 2 aliphatic heterocycles. The highest BCUT2D eigenvalue weighted by molar-refractivity contribution is 5.87. The van der Waals surface area contributed by atoms with E-state index in [0.29, 0.717) is 25.6 Å². The third-order valence-electron chi connectivity index (χ3n) is 4.69. The lowest BCUT2D eigenvalue weighted by Gasteiger charge is -2.23. The molecule has 5 nitrogen and oxygen atoms in total. The molecule has 0 bridgehead atoms. The molecule has 0 radical (unpaired) electrons. The smallest absolute Gasteiger partial charge is 0.311 e. The second kappa shape index (κ2) is 6.12. The molecule has 0 unspecified atom stereocenters. The zero-order chi connectivity index (χ0) is 13.9. The van der Waals surface area contributed by atoms with Gasteiger partial charge in [-0.05, 0) is 25.7 Å². The zero-order valence-corrected chi connectivity index (χ0v) is 11.9. The maximum atomic E-state index is 12.1. The summed E-state index contributed by atoms with van der Waals surface area (Å²) in [6.45, 7) is 1.65. The summed E-state index contributed by atoms with van der Waals surface area (Å²) < 4.78 is 10.8. The Bertz CT molecular complexity index is 372. The second-order valence-corrected chi connectivity index (χ2v) is 6.15. The molecule has 3 aliphatic rings. The fourth-order valence-electron chi connectivity index (χ4n) is 3.53. The number of nitrogens with zero attached hydrogens (tertiary/aromatic N) is 1. The van der Waals surface area contributed by atoms with Crippen molar-refractivity contribution in [1.82, 2.24) is 4.90 Å². The number of esters is 1. The molecule has 0 N–H and O–H groups in total. The van der Waals surface area contributed by atoms with Crippen LogP contribution >= 0.6 is 0 Å². The molecule has 0 spiro atoms. The van der Waals surface area contributed by atoms with Gasteiger partial charge in [-0.25, -0.2) is 0 Å². The predicted molar refractivity (Wildman–Crippen MR) is 72.0 cm³/mol. The van der Waals surface area contributed by atoms with Crippen LogP contribution in [0.15, 0.2) is 0 Å². The Morgan fingerprint density at radius 2 is 2.05 bits per heavy atom. The van der Waals surface area contributed by atoms with E-state index in [9.17, 15) is 9.59 Å². The Labute approximate surface area is 119 Å². The number of carbonyl (C=O) groups excluding carboxylic acids is 2. The Kier molecular flexibility index (Phi) is 4.24. The summed E-state index contributed by atoms with van der Waals surface area (Å²) in [7, 11) is 0. The van der Waals surface area contributed by atoms with Gasteiger partial charge >= 0.3 is 5.97 Å². The normalized spacial score (nSPS) is 31.2. The van der Waals surface area contributed by atoms with Crippen molar-refractivity contribution in [2.24, 2.45) is 5.92 Å². The van der Waals surface area contributed by atoms with Crippen molar-refractivity contribution in [2.45, 2.75) is 57.1 Å². The molecule has 0 aromatic heterocycles. The van der Waals surface area contributed by atoms with Crippen LogP contribution in [0.5, 0.6) is 0 Å². The minimum absolute atomic E-state index is 0.0574. The van der Waals surface area contributed by atoms with Crippen LogP contribution in [0.3, 0.4) is 0 Å². The molecule has 2 saturated heterocycles. The zero-order valence-electron chi connectivity index (χ0n) is 11.9. The summed E-state index contributed by atoms with van der Waals surface area (Å²) in [5, 5.41) is 0. The Hall–Kier alpha value is -1.10. The van der Waals surface area contributed by atoms with Gasteiger partial charge in [-0.2, -0.15) is 0 Å². The van der Waals surface area contributed by atoms with Gasteiger partial charge in [0.25, 0.3) is 0 Å². The molecule has 112 valence electrons. The van der Waals surface area contributed by atoms with Crippen molar-refractivity contribution in [3.8, 4) is 0 Å². The van der Waals surface area contributed by atoms with Crippen LogP contribution in [0.4, 0.5) is 0 Å². The first kappa shape index (κ1) is 13.9. The molecule has 2 heterocycles. The molecular formula is C15H23NO4. The van der Waals surface area contributed by atoms with E-state index in [-0.39, 0.29) is 23.9 Å². The first-order valence-corrected chi connectivity index (χ1v) is 7.82. The number of rotatable bonds is 4. The third kappa shape index (κ3) is 2.97. The predicted octanol–water partition coefficient (Wildman–Crippen LogP) is 1.50. The molecule has 1 aliphatic carbocycles. The van der Waals surface area contributed by atoms with E-state index in [1.165, 1.54) is 12.8 Å². The summed E-state index contributed by atoms with van der Waals surface area (Å²) in [5.41, 5.74) is 0. The number of hydrogen-bond acceptors (Lipinski definition) is 4. The average molecular weight is 281 g/mol. The summed E-state index contributed by atoms with van der Waals surface area (Å²) >= 11 is 0. The van der Waals surface area contributed by atoms with Crippen molar-refractivity contribution in [3.63, 3.8) is 0 Å². The van der Waals surface area contributed by atoms with Crippen molar-refractivity contribution in [2.75, 3.05) is 19.8 Å². The lowest BCUT2D eigenvalue weighted by Crippen LogP contribution is -2.35. The number of likely N-dealkylation sites (tertiary alicyclic amines) is 1. The van der Waals surface area contributed by atoms with Crippen LogP contribution in [-0.4, -0.2) is 48.7 Å². The molecule has 3 rings (SSSR count). The van der Waals surface area contributed by atoms with Crippen LogP contribution in [-0.2, 0) is 19.1 Å². The van der Waals surface area contributed by atoms with Gasteiger partial charge in [-0.3, -0.25) is 9.59 Å². The average Bonchev–Trinajstić information content (AvgIpc) is 3.17. The van der Waals surface area contributed by atoms with E-state index in [0.717, 1.165) is 32.3 Å². The standard InChI is InChI=1S/C15H23NO4/c17-14-8-11(9-16(14)12-4-1-2-5-12)15(18)20-10-13-6-3-7-19-13/h11-13H,1-10H2/t11-,13+/m0/s1. The van der Waals surface area contributed by atoms with Gasteiger partial charge in [0.2, 0.25) is 5.91 Å². The molecule has 0 aromatic rings. The molecule has 5 heteroatoms. The molecule has 20 heavy (non-hydrogen) atoms. The topological polar surface area (TPSA) is 55.8 Å². The van der Waals surface area contributed by atoms with Crippen molar-refractivity contribution in [3.05, 3.63) is 0 Å². The minimum Gasteiger partial charge on any atom is -0.463 e. The lowest BCUT2D eigenvalue weighted by molar-refractivity contribution is -0.151. The largest absolute Gasteiger partial charge is 0.463 e. The molecule has 1 amide bonds. The highest BCUT2D eigenvalue weighted by Crippen LogP contribution is 2.30. The number of carbonyl (C=O) groups is 2. The van der Waals surface area contributed by atoms with Gasteiger partial charge in [0.1, 0.15) is 6.61 Å². The number of hydrogen-bond donors (Lipinski definition) is 0. The Balaban J connectivity index is 1.47. The Morgan fingerprint density at radius 1 is 1.25 bits per heavy atom. The van der Waals surface area contributed by atoms with E-state index < -0.39 is 0 Å². The van der Waals surface area contributed by atoms with Crippen molar-refractivity contribution < 1.29 is 19.1 Å². The molecular weight excluding hydrogens is 258 g/mol. The van der Waals surface area contributed by atoms with Crippen LogP contribution in [0.25, 0.3) is 0 Å². The highest BCUT2D eigenvalue weighted by atomic mass is 16.6. The van der Waals surface area contributed by atoms with Gasteiger partial charge in [0.15, 0.2) is 0 Å². The first-order valence-electron chi connectivity index (χ1n) is 7.82. The first-order chi connectivity index (χ1) is 9.74. The van der Waals surface area contributed by atoms with Crippen LogP contribution in [0.1, 0.15) is 44.9 Å². The highest BCUT2D eigenvalue weighted by Gasteiger charge is 2.39. The molecule has 2 atom stereocenters. The van der Waals surface area contributed by atoms with E-state index in [2.05, 4.69) is 0 Å². The summed E-state index contributed by atoms with van der Waals surface area (Å²) in [6.07, 6.45) is 6.95. The maximum absolute atomic E-state index is 12.1. The molecule has 3 fully saturated rings. The second-order valence-electron chi connectivity index (χ2n) is 6.15. The monoisotopic (exact) mass is 281 g/mol. The van der Waals surface area contributed by atoms with E-state index >= 15 is 0 Å². The van der Waals surface area contributed by atoms with Gasteiger partial charge in [-0.15, -0.1) is 0 Å². The molecule has 0 aromatic carbocycles. The number of amides is 1. The van der Waals surface area contributed by atoms with Crippen LogP contribution in [0, 0.1) is 5.92 Å². The summed E-state index contributed by atoms with van der Waals surface area (Å²) in [4.78, 5) is 26.0. The summed E-state index contributed by atoms with van der Waals surface area (Å²) in [5.74, 6) is -0.380. The quantitative estimate of drug-likeness (QED) is 0.733. The van der Waals surface area contributed by atoms with Gasteiger partial charge in [0, 0.05) is 25.6 Å². The van der Waals surface area contributed by atoms with Gasteiger partial charge in [-0.1, -0.05) is 12.8 Å². The lowest BCUT2D eigenvalue weighted by atomic mass is 10.1. The van der Waals surface area contributed by atoms with Gasteiger partial charge in [0.05, 0.1) is 12.0 Å². The van der Waals surface area contributed by atoms with Crippen molar-refractivity contribution in [1.29, 1.82) is 0 Å². The van der Waals surface area contributed by atoms with E-state index in [1.54, 1.807) is 0 Å². The number of ether oxygens (including phenoxy) is 2. The van der Waals surface area contributed by atoms with Crippen LogP contribution in [0.2, 0.25) is 0 Å².